The molecule has 1 aliphatic heterocycles. The molecule has 0 bridgehead atoms. The second-order valence-corrected chi connectivity index (χ2v) is 9.91. The standard InChI is InChI=1S/C26H32N6O2S/c1-5-21(30(3)4)25-28-29-26(31(25)16-19-11-7-6-8-12-19)35-17-24(34)32-18(2)15-23(33)27-20-13-9-10-14-22(20)32/h6-14,18,21H,5,15-17H2,1-4H3,(H,27,33)/t18-,21-/m0/s1. The maximum Gasteiger partial charge on any atom is 0.237 e. The Morgan fingerprint density at radius 2 is 1.86 bits per heavy atom. The van der Waals surface area contributed by atoms with E-state index in [1.165, 1.54) is 11.8 Å². The van der Waals surface area contributed by atoms with Gasteiger partial charge in [-0.05, 0) is 45.1 Å². The number of nitrogens with zero attached hydrogens (tertiary/aromatic N) is 5. The fourth-order valence-electron chi connectivity index (χ4n) is 4.51. The van der Waals surface area contributed by atoms with Gasteiger partial charge in [0.05, 0.1) is 29.7 Å². The van der Waals surface area contributed by atoms with Crippen LogP contribution in [-0.4, -0.2) is 57.4 Å². The molecular formula is C26H32N6O2S. The topological polar surface area (TPSA) is 83.4 Å². The monoisotopic (exact) mass is 492 g/mol. The molecular weight excluding hydrogens is 460 g/mol. The molecule has 1 aromatic heterocycles. The second kappa shape index (κ2) is 11.0. The third kappa shape index (κ3) is 5.57. The molecule has 0 saturated heterocycles. The van der Waals surface area contributed by atoms with E-state index in [1.807, 2.05) is 63.5 Å². The third-order valence-electron chi connectivity index (χ3n) is 6.19. The number of carbonyl (C=O) groups excluding carboxylic acids is 2. The zero-order valence-corrected chi connectivity index (χ0v) is 21.5. The van der Waals surface area contributed by atoms with Gasteiger partial charge in [0.15, 0.2) is 11.0 Å². The highest BCUT2D eigenvalue weighted by molar-refractivity contribution is 7.99. The fraction of sp³-hybridized carbons (Fsp3) is 0.385. The van der Waals surface area contributed by atoms with Crippen molar-refractivity contribution in [2.24, 2.45) is 0 Å². The van der Waals surface area contributed by atoms with Crippen molar-refractivity contribution < 1.29 is 9.59 Å². The summed E-state index contributed by atoms with van der Waals surface area (Å²) < 4.78 is 2.12. The second-order valence-electron chi connectivity index (χ2n) is 8.97. The minimum atomic E-state index is -0.247. The number of hydrogen-bond donors (Lipinski definition) is 1. The molecule has 4 rings (SSSR count). The van der Waals surface area contributed by atoms with Crippen LogP contribution in [0.1, 0.15) is 44.1 Å². The Balaban J connectivity index is 1.60. The summed E-state index contributed by atoms with van der Waals surface area (Å²) in [5, 5.41) is 12.6. The lowest BCUT2D eigenvalue weighted by molar-refractivity contribution is -0.117. The summed E-state index contributed by atoms with van der Waals surface area (Å²) in [4.78, 5) is 29.6. The number of carbonyl (C=O) groups is 2. The molecule has 1 aliphatic rings. The Morgan fingerprint density at radius 1 is 1.14 bits per heavy atom. The third-order valence-corrected chi connectivity index (χ3v) is 7.14. The van der Waals surface area contributed by atoms with Crippen molar-refractivity contribution in [3.8, 4) is 0 Å². The van der Waals surface area contributed by atoms with Gasteiger partial charge in [-0.25, -0.2) is 0 Å². The highest BCUT2D eigenvalue weighted by atomic mass is 32.2. The van der Waals surface area contributed by atoms with Gasteiger partial charge in [0.2, 0.25) is 11.8 Å². The minimum Gasteiger partial charge on any atom is -0.324 e. The molecule has 0 fully saturated rings. The molecule has 184 valence electrons. The normalized spacial score (nSPS) is 16.5. The van der Waals surface area contributed by atoms with Crippen LogP contribution >= 0.6 is 11.8 Å². The average molecular weight is 493 g/mol. The Hall–Kier alpha value is -3.17. The van der Waals surface area contributed by atoms with Crippen LogP contribution in [0.5, 0.6) is 0 Å². The van der Waals surface area contributed by atoms with Crippen LogP contribution in [0.2, 0.25) is 0 Å². The molecule has 8 nitrogen and oxygen atoms in total. The van der Waals surface area contributed by atoms with Gasteiger partial charge >= 0.3 is 0 Å². The molecule has 2 aromatic carbocycles. The Morgan fingerprint density at radius 3 is 2.57 bits per heavy atom. The highest BCUT2D eigenvalue weighted by Crippen LogP contribution is 2.33. The molecule has 2 amide bonds. The Kier molecular flexibility index (Phi) is 7.87. The molecule has 35 heavy (non-hydrogen) atoms. The smallest absolute Gasteiger partial charge is 0.237 e. The Bertz CT molecular complexity index is 1180. The van der Waals surface area contributed by atoms with Gasteiger partial charge in [-0.15, -0.1) is 10.2 Å². The van der Waals surface area contributed by atoms with Gasteiger partial charge in [0.25, 0.3) is 0 Å². The maximum atomic E-state index is 13.5. The molecule has 0 saturated carbocycles. The Labute approximate surface area is 210 Å². The van der Waals surface area contributed by atoms with E-state index >= 15 is 0 Å². The van der Waals surface area contributed by atoms with E-state index in [2.05, 4.69) is 44.0 Å². The summed E-state index contributed by atoms with van der Waals surface area (Å²) in [6, 6.07) is 17.5. The number of thioether (sulfide) groups is 1. The van der Waals surface area contributed by atoms with Gasteiger partial charge in [-0.1, -0.05) is 61.2 Å². The van der Waals surface area contributed by atoms with Crippen LogP contribution < -0.4 is 10.2 Å². The van der Waals surface area contributed by atoms with Gasteiger partial charge in [0.1, 0.15) is 0 Å². The van der Waals surface area contributed by atoms with Crippen molar-refractivity contribution in [3.63, 3.8) is 0 Å². The molecule has 2 heterocycles. The molecule has 0 unspecified atom stereocenters. The first-order valence-electron chi connectivity index (χ1n) is 11.9. The van der Waals surface area contributed by atoms with Crippen molar-refractivity contribution in [1.29, 1.82) is 0 Å². The lowest BCUT2D eigenvalue weighted by atomic mass is 10.2. The molecule has 0 aliphatic carbocycles. The number of nitrogens with one attached hydrogen (secondary N) is 1. The van der Waals surface area contributed by atoms with E-state index in [4.69, 9.17) is 0 Å². The summed E-state index contributed by atoms with van der Waals surface area (Å²) in [7, 11) is 4.08. The highest BCUT2D eigenvalue weighted by Gasteiger charge is 2.30. The quantitative estimate of drug-likeness (QED) is 0.475. The molecule has 0 radical (unpaired) electrons. The van der Waals surface area contributed by atoms with Gasteiger partial charge in [0, 0.05) is 12.5 Å². The predicted molar refractivity (Wildman–Crippen MR) is 140 cm³/mol. The van der Waals surface area contributed by atoms with Crippen molar-refractivity contribution in [3.05, 3.63) is 66.0 Å². The van der Waals surface area contributed by atoms with E-state index in [9.17, 15) is 9.59 Å². The zero-order valence-electron chi connectivity index (χ0n) is 20.6. The lowest BCUT2D eigenvalue weighted by Crippen LogP contribution is -2.40. The van der Waals surface area contributed by atoms with E-state index in [0.29, 0.717) is 17.4 Å². The van der Waals surface area contributed by atoms with Crippen LogP contribution in [0.4, 0.5) is 11.4 Å². The number of fused-ring (bicyclic) bond motifs is 1. The van der Waals surface area contributed by atoms with Crippen LogP contribution in [0.15, 0.2) is 59.8 Å². The number of rotatable bonds is 8. The summed E-state index contributed by atoms with van der Waals surface area (Å²) in [6.45, 7) is 4.67. The van der Waals surface area contributed by atoms with E-state index in [0.717, 1.165) is 23.5 Å². The number of benzene rings is 2. The molecule has 2 atom stereocenters. The van der Waals surface area contributed by atoms with E-state index in [-0.39, 0.29) is 36.1 Å². The summed E-state index contributed by atoms with van der Waals surface area (Å²) >= 11 is 1.39. The molecule has 0 spiro atoms. The first-order valence-corrected chi connectivity index (χ1v) is 12.8. The average Bonchev–Trinajstić information content (AvgIpc) is 3.15. The predicted octanol–water partition coefficient (Wildman–Crippen LogP) is 4.20. The summed E-state index contributed by atoms with van der Waals surface area (Å²) in [6.07, 6.45) is 1.15. The summed E-state index contributed by atoms with van der Waals surface area (Å²) in [5.74, 6) is 0.925. The number of para-hydroxylation sites is 2. The van der Waals surface area contributed by atoms with Crippen molar-refractivity contribution >= 4 is 35.0 Å². The van der Waals surface area contributed by atoms with Crippen LogP contribution in [0, 0.1) is 0 Å². The first-order chi connectivity index (χ1) is 16.9. The first kappa shape index (κ1) is 24.9. The minimum absolute atomic E-state index is 0.0677. The van der Waals surface area contributed by atoms with E-state index < -0.39 is 0 Å². The van der Waals surface area contributed by atoms with Crippen molar-refractivity contribution in [2.75, 3.05) is 30.1 Å². The number of aromatic nitrogens is 3. The summed E-state index contributed by atoms with van der Waals surface area (Å²) in [5.41, 5.74) is 2.53. The largest absolute Gasteiger partial charge is 0.324 e. The van der Waals surface area contributed by atoms with Crippen LogP contribution in [0.3, 0.4) is 0 Å². The maximum absolute atomic E-state index is 13.5. The molecule has 1 N–H and O–H groups in total. The number of amides is 2. The van der Waals surface area contributed by atoms with Gasteiger partial charge in [-0.3, -0.25) is 14.5 Å². The van der Waals surface area contributed by atoms with Crippen molar-refractivity contribution in [1.82, 2.24) is 19.7 Å². The fourth-order valence-corrected chi connectivity index (χ4v) is 5.31. The lowest BCUT2D eigenvalue weighted by Gasteiger charge is -2.27. The molecule has 3 aromatic rings. The van der Waals surface area contributed by atoms with Crippen molar-refractivity contribution in [2.45, 2.75) is 50.5 Å². The van der Waals surface area contributed by atoms with Gasteiger partial charge < -0.3 is 14.8 Å². The van der Waals surface area contributed by atoms with Crippen LogP contribution in [0.25, 0.3) is 0 Å². The van der Waals surface area contributed by atoms with Crippen LogP contribution in [-0.2, 0) is 16.1 Å². The van der Waals surface area contributed by atoms with Gasteiger partial charge in [-0.2, -0.15) is 0 Å². The number of hydrogen-bond acceptors (Lipinski definition) is 6. The SMILES string of the molecule is CC[C@@H](c1nnc(SCC(=O)N2c3ccccc3NC(=O)C[C@@H]2C)n1Cc1ccccc1)N(C)C. The molecule has 9 heteroatoms. The number of anilines is 2. The zero-order chi connectivity index (χ0) is 24.9. The van der Waals surface area contributed by atoms with E-state index in [1.54, 1.807) is 4.90 Å².